The lowest BCUT2D eigenvalue weighted by Gasteiger charge is -2.02. The molecule has 0 spiro atoms. The molecule has 4 heteroatoms. The van der Waals surface area contributed by atoms with Crippen molar-refractivity contribution in [3.63, 3.8) is 0 Å². The second-order valence-corrected chi connectivity index (χ2v) is 2.79. The monoisotopic (exact) mass is 182 g/mol. The van der Waals surface area contributed by atoms with Gasteiger partial charge in [0.25, 0.3) is 0 Å². The van der Waals surface area contributed by atoms with Crippen LogP contribution in [0.4, 0.5) is 0 Å². The minimum atomic E-state index is 0.586. The first-order valence-electron chi connectivity index (χ1n) is 3.47. The van der Waals surface area contributed by atoms with E-state index in [9.17, 15) is 0 Å². The number of aromatic nitrogens is 2. The Morgan fingerprint density at radius 1 is 1.58 bits per heavy atom. The Balaban J connectivity index is 2.73. The van der Waals surface area contributed by atoms with Crippen LogP contribution in [-0.4, -0.2) is 16.5 Å². The van der Waals surface area contributed by atoms with Gasteiger partial charge in [-0.1, -0.05) is 11.6 Å². The van der Waals surface area contributed by atoms with E-state index in [2.05, 4.69) is 4.98 Å². The van der Waals surface area contributed by atoms with E-state index in [0.29, 0.717) is 10.8 Å². The number of nitrogens with zero attached hydrogens (tertiary/aromatic N) is 2. The van der Waals surface area contributed by atoms with Crippen LogP contribution in [-0.2, 0) is 0 Å². The average molecular weight is 183 g/mol. The molecule has 0 bridgehead atoms. The van der Waals surface area contributed by atoms with E-state index in [1.54, 1.807) is 25.6 Å². The molecule has 0 fully saturated rings. The van der Waals surface area contributed by atoms with Crippen molar-refractivity contribution < 1.29 is 4.74 Å². The minimum Gasteiger partial charge on any atom is -0.495 e. The Kier molecular flexibility index (Phi) is 1.66. The lowest BCUT2D eigenvalue weighted by atomic mass is 10.4. The lowest BCUT2D eigenvalue weighted by molar-refractivity contribution is 0.415. The zero-order valence-electron chi connectivity index (χ0n) is 6.49. The van der Waals surface area contributed by atoms with Crippen molar-refractivity contribution >= 4 is 17.2 Å². The van der Waals surface area contributed by atoms with E-state index >= 15 is 0 Å². The molecule has 2 aromatic rings. The van der Waals surface area contributed by atoms with Gasteiger partial charge in [-0.3, -0.25) is 0 Å². The number of pyridine rings is 1. The molecule has 0 N–H and O–H groups in total. The topological polar surface area (TPSA) is 26.5 Å². The first-order valence-corrected chi connectivity index (χ1v) is 3.85. The molecule has 3 nitrogen and oxygen atoms in total. The maximum atomic E-state index is 5.89. The largest absolute Gasteiger partial charge is 0.495 e. The molecular formula is C8H7ClN2O. The molecule has 0 radical (unpaired) electrons. The molecule has 0 aromatic carbocycles. The first kappa shape index (κ1) is 7.43. The van der Waals surface area contributed by atoms with Crippen LogP contribution in [0.25, 0.3) is 5.65 Å². The maximum absolute atomic E-state index is 5.89. The summed E-state index contributed by atoms with van der Waals surface area (Å²) in [7, 11) is 1.58. The van der Waals surface area contributed by atoms with Crippen molar-refractivity contribution in [2.75, 3.05) is 7.11 Å². The van der Waals surface area contributed by atoms with Crippen LogP contribution in [0.2, 0.25) is 5.02 Å². The van der Waals surface area contributed by atoms with Crippen LogP contribution in [0.5, 0.6) is 5.75 Å². The number of hydrogen-bond donors (Lipinski definition) is 0. The zero-order valence-corrected chi connectivity index (χ0v) is 7.25. The van der Waals surface area contributed by atoms with Gasteiger partial charge in [-0.15, -0.1) is 0 Å². The van der Waals surface area contributed by atoms with E-state index in [4.69, 9.17) is 16.3 Å². The van der Waals surface area contributed by atoms with Gasteiger partial charge in [0, 0.05) is 24.7 Å². The number of imidazole rings is 1. The van der Waals surface area contributed by atoms with Gasteiger partial charge in [0.1, 0.15) is 11.4 Å². The third kappa shape index (κ3) is 1.02. The molecule has 0 aliphatic carbocycles. The summed E-state index contributed by atoms with van der Waals surface area (Å²) in [4.78, 5) is 4.09. The molecule has 2 aromatic heterocycles. The Labute approximate surface area is 74.6 Å². The van der Waals surface area contributed by atoms with E-state index in [-0.39, 0.29) is 0 Å². The number of fused-ring (bicyclic) bond motifs is 1. The fourth-order valence-corrected chi connectivity index (χ4v) is 1.31. The van der Waals surface area contributed by atoms with Crippen LogP contribution < -0.4 is 4.74 Å². The summed E-state index contributed by atoms with van der Waals surface area (Å²) in [5, 5.41) is 0.586. The highest BCUT2D eigenvalue weighted by molar-refractivity contribution is 6.32. The first-order chi connectivity index (χ1) is 5.81. The van der Waals surface area contributed by atoms with Gasteiger partial charge >= 0.3 is 0 Å². The standard InChI is InChI=1S/C8H7ClN2O/c1-12-7-4-8-10-2-3-11(8)5-6(7)9/h2-5H,1H3. The quantitative estimate of drug-likeness (QED) is 0.675. The Bertz CT molecular complexity index is 410. The van der Waals surface area contributed by atoms with Gasteiger partial charge in [-0.2, -0.15) is 0 Å². The normalized spacial score (nSPS) is 10.5. The van der Waals surface area contributed by atoms with E-state index in [0.717, 1.165) is 5.65 Å². The van der Waals surface area contributed by atoms with Gasteiger partial charge in [0.2, 0.25) is 0 Å². The molecule has 2 heterocycles. The molecule has 2 rings (SSSR count). The average Bonchev–Trinajstić information content (AvgIpc) is 2.49. The Morgan fingerprint density at radius 3 is 3.17 bits per heavy atom. The molecule has 0 aliphatic rings. The highest BCUT2D eigenvalue weighted by Gasteiger charge is 2.02. The molecule has 0 aliphatic heterocycles. The van der Waals surface area contributed by atoms with Crippen molar-refractivity contribution in [2.45, 2.75) is 0 Å². The van der Waals surface area contributed by atoms with Crippen molar-refractivity contribution in [1.82, 2.24) is 9.38 Å². The van der Waals surface area contributed by atoms with Crippen molar-refractivity contribution in [3.8, 4) is 5.75 Å². The fraction of sp³-hybridized carbons (Fsp3) is 0.125. The number of rotatable bonds is 1. The van der Waals surface area contributed by atoms with Crippen molar-refractivity contribution in [2.24, 2.45) is 0 Å². The third-order valence-corrected chi connectivity index (χ3v) is 1.95. The van der Waals surface area contributed by atoms with Crippen LogP contribution in [0.15, 0.2) is 24.7 Å². The zero-order chi connectivity index (χ0) is 8.55. The Hall–Kier alpha value is -1.22. The van der Waals surface area contributed by atoms with Gasteiger partial charge in [0.15, 0.2) is 0 Å². The second kappa shape index (κ2) is 2.68. The van der Waals surface area contributed by atoms with E-state index in [1.165, 1.54) is 0 Å². The van der Waals surface area contributed by atoms with Gasteiger partial charge < -0.3 is 9.14 Å². The molecule has 62 valence electrons. The minimum absolute atomic E-state index is 0.586. The number of ether oxygens (including phenoxy) is 1. The molecule has 0 atom stereocenters. The van der Waals surface area contributed by atoms with Gasteiger partial charge in [-0.05, 0) is 0 Å². The van der Waals surface area contributed by atoms with Crippen LogP contribution in [0.3, 0.4) is 0 Å². The SMILES string of the molecule is COc1cc2nccn2cc1Cl. The number of methoxy groups -OCH3 is 1. The molecule has 12 heavy (non-hydrogen) atoms. The maximum Gasteiger partial charge on any atom is 0.142 e. The summed E-state index contributed by atoms with van der Waals surface area (Å²) < 4.78 is 6.88. The third-order valence-electron chi connectivity index (χ3n) is 1.67. The van der Waals surface area contributed by atoms with Gasteiger partial charge in [0.05, 0.1) is 12.1 Å². The van der Waals surface area contributed by atoms with Crippen LogP contribution in [0.1, 0.15) is 0 Å². The predicted molar refractivity (Wildman–Crippen MR) is 46.8 cm³/mol. The summed E-state index contributed by atoms with van der Waals surface area (Å²) in [6, 6.07) is 1.79. The molecule has 0 saturated heterocycles. The highest BCUT2D eigenvalue weighted by Crippen LogP contribution is 2.24. The van der Waals surface area contributed by atoms with E-state index < -0.39 is 0 Å². The summed E-state index contributed by atoms with van der Waals surface area (Å²) in [5.41, 5.74) is 0.830. The highest BCUT2D eigenvalue weighted by atomic mass is 35.5. The summed E-state index contributed by atoms with van der Waals surface area (Å²) in [6.45, 7) is 0. The molecule has 0 unspecified atom stereocenters. The molecule has 0 saturated carbocycles. The smallest absolute Gasteiger partial charge is 0.142 e. The predicted octanol–water partition coefficient (Wildman–Crippen LogP) is 2.00. The Morgan fingerprint density at radius 2 is 2.42 bits per heavy atom. The van der Waals surface area contributed by atoms with Crippen molar-refractivity contribution in [3.05, 3.63) is 29.7 Å². The molecular weight excluding hydrogens is 176 g/mol. The summed E-state index contributed by atoms with van der Waals surface area (Å²) in [5.74, 6) is 0.648. The summed E-state index contributed by atoms with van der Waals surface area (Å²) >= 11 is 5.89. The van der Waals surface area contributed by atoms with Crippen molar-refractivity contribution in [1.29, 1.82) is 0 Å². The fourth-order valence-electron chi connectivity index (χ4n) is 1.07. The molecule has 0 amide bonds. The van der Waals surface area contributed by atoms with Crippen LogP contribution in [0, 0.1) is 0 Å². The van der Waals surface area contributed by atoms with Crippen LogP contribution >= 0.6 is 11.6 Å². The summed E-state index contributed by atoms with van der Waals surface area (Å²) in [6.07, 6.45) is 5.31. The lowest BCUT2D eigenvalue weighted by Crippen LogP contribution is -1.88. The number of halogens is 1. The second-order valence-electron chi connectivity index (χ2n) is 2.38. The van der Waals surface area contributed by atoms with Gasteiger partial charge in [-0.25, -0.2) is 4.98 Å². The van der Waals surface area contributed by atoms with E-state index in [1.807, 2.05) is 10.6 Å². The number of hydrogen-bond acceptors (Lipinski definition) is 2.